The van der Waals surface area contributed by atoms with Gasteiger partial charge in [0.1, 0.15) is 0 Å². The highest BCUT2D eigenvalue weighted by molar-refractivity contribution is 7.89. The first kappa shape index (κ1) is 27.6. The zero-order valence-corrected chi connectivity index (χ0v) is 21.2. The van der Waals surface area contributed by atoms with Crippen LogP contribution in [0.1, 0.15) is 90.4 Å². The number of halogens is 1. The van der Waals surface area contributed by atoms with Crippen LogP contribution in [0.25, 0.3) is 0 Å². The van der Waals surface area contributed by atoms with Gasteiger partial charge in [0.05, 0.1) is 39.5 Å². The van der Waals surface area contributed by atoms with Crippen molar-refractivity contribution in [1.29, 1.82) is 0 Å². The van der Waals surface area contributed by atoms with Crippen LogP contribution in [0.5, 0.6) is 0 Å². The highest BCUT2D eigenvalue weighted by Crippen LogP contribution is 2.15. The summed E-state index contributed by atoms with van der Waals surface area (Å²) in [7, 11) is 1.35. The van der Waals surface area contributed by atoms with Crippen molar-refractivity contribution in [3.8, 4) is 0 Å². The molecule has 0 spiro atoms. The summed E-state index contributed by atoms with van der Waals surface area (Å²) in [5.41, 5.74) is 0. The van der Waals surface area contributed by atoms with E-state index in [1.165, 1.54) is 64.2 Å². The molecule has 1 aliphatic rings. The quantitative estimate of drug-likeness (QED) is 0.201. The van der Waals surface area contributed by atoms with Crippen molar-refractivity contribution in [2.45, 2.75) is 90.4 Å². The lowest BCUT2D eigenvalue weighted by atomic mass is 10.1. The topological polar surface area (TPSA) is 37.4 Å². The first-order valence-corrected chi connectivity index (χ1v) is 12.8. The van der Waals surface area contributed by atoms with E-state index in [0.717, 1.165) is 36.8 Å². The lowest BCUT2D eigenvalue weighted by molar-refractivity contribution is -0.888. The summed E-state index contributed by atoms with van der Waals surface area (Å²) in [6.45, 7) is 5.66. The van der Waals surface area contributed by atoms with Crippen LogP contribution in [0.2, 0.25) is 0 Å². The maximum absolute atomic E-state index is 12.6. The number of quaternary nitrogens is 1. The van der Waals surface area contributed by atoms with E-state index in [1.807, 2.05) is 0 Å². The zero-order chi connectivity index (χ0) is 19.3. The molecule has 0 unspecified atom stereocenters. The van der Waals surface area contributed by atoms with Crippen molar-refractivity contribution >= 4 is 10.0 Å². The molecule has 0 saturated carbocycles. The van der Waals surface area contributed by atoms with Gasteiger partial charge in [0.2, 0.25) is 10.0 Å². The SMILES string of the molecule is CCCCCCCCCCCCCCS(=O)(=O)N1CCC[N+](C)(C)CC1.[I-]. The second kappa shape index (κ2) is 15.4. The van der Waals surface area contributed by atoms with Crippen molar-refractivity contribution in [1.82, 2.24) is 4.31 Å². The Morgan fingerprint density at radius 3 is 1.74 bits per heavy atom. The first-order chi connectivity index (χ1) is 12.4. The lowest BCUT2D eigenvalue weighted by Crippen LogP contribution is -3.00. The lowest BCUT2D eigenvalue weighted by Gasteiger charge is -2.27. The van der Waals surface area contributed by atoms with Crippen LogP contribution >= 0.6 is 0 Å². The van der Waals surface area contributed by atoms with Gasteiger partial charge in [-0.1, -0.05) is 77.6 Å². The van der Waals surface area contributed by atoms with Gasteiger partial charge < -0.3 is 28.5 Å². The normalized spacial score (nSPS) is 18.0. The van der Waals surface area contributed by atoms with Crippen LogP contribution < -0.4 is 24.0 Å². The average molecular weight is 517 g/mol. The number of nitrogens with zero attached hydrogens (tertiary/aromatic N) is 2. The molecule has 6 heteroatoms. The van der Waals surface area contributed by atoms with Crippen LogP contribution in [-0.4, -0.2) is 63.2 Å². The van der Waals surface area contributed by atoms with Gasteiger partial charge in [-0.2, -0.15) is 4.31 Å². The third-order valence-electron chi connectivity index (χ3n) is 5.77. The number of rotatable bonds is 14. The molecule has 1 heterocycles. The Bertz CT molecular complexity index is 455. The van der Waals surface area contributed by atoms with E-state index in [2.05, 4.69) is 21.0 Å². The molecule has 1 saturated heterocycles. The number of unbranched alkanes of at least 4 members (excludes halogenated alkanes) is 11. The van der Waals surface area contributed by atoms with E-state index in [-0.39, 0.29) is 24.0 Å². The third kappa shape index (κ3) is 13.4. The Hall–Kier alpha value is 0.600. The molecule has 0 aromatic carbocycles. The zero-order valence-electron chi connectivity index (χ0n) is 18.2. The number of likely N-dealkylation sites (N-methyl/N-ethyl adjacent to an activating group) is 1. The minimum Gasteiger partial charge on any atom is -1.00 e. The molecule has 0 bridgehead atoms. The summed E-state index contributed by atoms with van der Waals surface area (Å²) in [4.78, 5) is 0. The average Bonchev–Trinajstić information content (AvgIpc) is 2.77. The molecule has 0 aliphatic carbocycles. The smallest absolute Gasteiger partial charge is 0.214 e. The Kier molecular flexibility index (Phi) is 15.8. The molecule has 1 aliphatic heterocycles. The van der Waals surface area contributed by atoms with Crippen molar-refractivity contribution in [2.24, 2.45) is 0 Å². The maximum Gasteiger partial charge on any atom is 0.214 e. The van der Waals surface area contributed by atoms with E-state index in [1.54, 1.807) is 4.31 Å². The van der Waals surface area contributed by atoms with Crippen molar-refractivity contribution in [3.05, 3.63) is 0 Å². The number of hydrogen-bond acceptors (Lipinski definition) is 2. The second-order valence-corrected chi connectivity index (χ2v) is 10.9. The van der Waals surface area contributed by atoms with Crippen LogP contribution in [0, 0.1) is 0 Å². The molecule has 0 N–H and O–H groups in total. The molecule has 164 valence electrons. The molecule has 0 aromatic heterocycles. The fourth-order valence-corrected chi connectivity index (χ4v) is 5.41. The second-order valence-electron chi connectivity index (χ2n) is 8.84. The van der Waals surface area contributed by atoms with Gasteiger partial charge in [0, 0.05) is 13.0 Å². The number of hydrogen-bond donors (Lipinski definition) is 0. The predicted octanol–water partition coefficient (Wildman–Crippen LogP) is 1.80. The highest BCUT2D eigenvalue weighted by Gasteiger charge is 2.28. The fraction of sp³-hybridized carbons (Fsp3) is 1.00. The van der Waals surface area contributed by atoms with Gasteiger partial charge in [-0.25, -0.2) is 8.42 Å². The molecule has 0 radical (unpaired) electrons. The van der Waals surface area contributed by atoms with Crippen LogP contribution in [-0.2, 0) is 10.0 Å². The summed E-state index contributed by atoms with van der Waals surface area (Å²) in [6, 6.07) is 0. The molecule has 4 nitrogen and oxygen atoms in total. The number of sulfonamides is 1. The minimum atomic E-state index is -3.05. The molecule has 1 rings (SSSR count). The first-order valence-electron chi connectivity index (χ1n) is 11.2. The minimum absolute atomic E-state index is 0. The van der Waals surface area contributed by atoms with Gasteiger partial charge in [-0.3, -0.25) is 0 Å². The summed E-state index contributed by atoms with van der Waals surface area (Å²) in [6.07, 6.45) is 16.3. The highest BCUT2D eigenvalue weighted by atomic mass is 127. The van der Waals surface area contributed by atoms with Gasteiger partial charge in [-0.15, -0.1) is 0 Å². The van der Waals surface area contributed by atoms with Crippen LogP contribution in [0.3, 0.4) is 0 Å². The Balaban J connectivity index is 0.00000676. The Labute approximate surface area is 187 Å². The molecule has 1 fully saturated rings. The summed E-state index contributed by atoms with van der Waals surface area (Å²) in [5.74, 6) is 0.345. The van der Waals surface area contributed by atoms with E-state index < -0.39 is 10.0 Å². The Morgan fingerprint density at radius 1 is 0.741 bits per heavy atom. The van der Waals surface area contributed by atoms with Crippen molar-refractivity contribution < 1.29 is 36.9 Å². The van der Waals surface area contributed by atoms with E-state index in [9.17, 15) is 8.42 Å². The molecule has 0 aromatic rings. The summed E-state index contributed by atoms with van der Waals surface area (Å²) in [5, 5.41) is 0. The largest absolute Gasteiger partial charge is 1.00 e. The van der Waals surface area contributed by atoms with E-state index >= 15 is 0 Å². The molecular weight excluding hydrogens is 471 g/mol. The van der Waals surface area contributed by atoms with Gasteiger partial charge in [-0.05, 0) is 6.42 Å². The molecule has 27 heavy (non-hydrogen) atoms. The van der Waals surface area contributed by atoms with Gasteiger partial charge >= 0.3 is 0 Å². The standard InChI is InChI=1S/C21H45N2O2S.HI/c1-4-5-6-7-8-9-10-11-12-13-14-15-21-26(24,25)22-17-16-19-23(2,3)20-18-22;/h4-21H2,1-3H3;1H/q+1;/p-1. The van der Waals surface area contributed by atoms with E-state index in [4.69, 9.17) is 0 Å². The Morgan fingerprint density at radius 2 is 1.22 bits per heavy atom. The summed E-state index contributed by atoms with van der Waals surface area (Å²) >= 11 is 0. The molecule has 0 amide bonds. The van der Waals surface area contributed by atoms with Crippen molar-refractivity contribution in [2.75, 3.05) is 46.0 Å². The van der Waals surface area contributed by atoms with Crippen molar-refractivity contribution in [3.63, 3.8) is 0 Å². The predicted molar refractivity (Wildman–Crippen MR) is 113 cm³/mol. The van der Waals surface area contributed by atoms with Crippen LogP contribution in [0.4, 0.5) is 0 Å². The fourth-order valence-electron chi connectivity index (χ4n) is 3.81. The van der Waals surface area contributed by atoms with Gasteiger partial charge in [0.25, 0.3) is 0 Å². The van der Waals surface area contributed by atoms with Gasteiger partial charge in [0.15, 0.2) is 0 Å². The molecule has 0 atom stereocenters. The maximum atomic E-state index is 12.6. The third-order valence-corrected chi connectivity index (χ3v) is 7.73. The van der Waals surface area contributed by atoms with E-state index in [0.29, 0.717) is 18.8 Å². The monoisotopic (exact) mass is 516 g/mol. The molecular formula is C21H45IN2O2S. The summed E-state index contributed by atoms with van der Waals surface area (Å²) < 4.78 is 27.8. The van der Waals surface area contributed by atoms with Crippen LogP contribution in [0.15, 0.2) is 0 Å².